The standard InChI is InChI=1S/C10H15N3S/c1-8-7-12-10(6-9(8)11)13-2-4-14-5-3-13/h6-7H,2-5H2,1H3,(H2,11,12). The first kappa shape index (κ1) is 9.65. The van der Waals surface area contributed by atoms with Gasteiger partial charge in [0, 0.05) is 42.5 Å². The van der Waals surface area contributed by atoms with Crippen LogP contribution < -0.4 is 10.6 Å². The molecule has 0 bridgehead atoms. The largest absolute Gasteiger partial charge is 0.398 e. The molecule has 1 aliphatic heterocycles. The second-order valence-corrected chi connectivity index (χ2v) is 4.72. The highest BCUT2D eigenvalue weighted by Gasteiger charge is 2.12. The van der Waals surface area contributed by atoms with Crippen LogP contribution >= 0.6 is 11.8 Å². The van der Waals surface area contributed by atoms with E-state index in [4.69, 9.17) is 5.73 Å². The van der Waals surface area contributed by atoms with Crippen molar-refractivity contribution in [3.8, 4) is 0 Å². The second kappa shape index (κ2) is 4.09. The monoisotopic (exact) mass is 209 g/mol. The number of nitrogens with two attached hydrogens (primary N) is 1. The highest BCUT2D eigenvalue weighted by molar-refractivity contribution is 7.99. The molecular formula is C10H15N3S. The summed E-state index contributed by atoms with van der Waals surface area (Å²) in [6.07, 6.45) is 1.85. The van der Waals surface area contributed by atoms with Crippen molar-refractivity contribution in [3.05, 3.63) is 17.8 Å². The van der Waals surface area contributed by atoms with Gasteiger partial charge in [0.05, 0.1) is 0 Å². The van der Waals surface area contributed by atoms with Crippen LogP contribution in [-0.4, -0.2) is 29.6 Å². The van der Waals surface area contributed by atoms with Crippen molar-refractivity contribution in [2.75, 3.05) is 35.2 Å². The molecule has 2 rings (SSSR count). The zero-order valence-electron chi connectivity index (χ0n) is 8.36. The van der Waals surface area contributed by atoms with Crippen molar-refractivity contribution in [2.45, 2.75) is 6.92 Å². The van der Waals surface area contributed by atoms with Crippen LogP contribution in [0.25, 0.3) is 0 Å². The maximum absolute atomic E-state index is 5.86. The molecule has 14 heavy (non-hydrogen) atoms. The van der Waals surface area contributed by atoms with Crippen LogP contribution in [0.4, 0.5) is 11.5 Å². The number of pyridine rings is 1. The molecule has 1 aliphatic rings. The van der Waals surface area contributed by atoms with E-state index < -0.39 is 0 Å². The Balaban J connectivity index is 2.18. The Morgan fingerprint density at radius 1 is 1.43 bits per heavy atom. The van der Waals surface area contributed by atoms with Crippen molar-refractivity contribution < 1.29 is 0 Å². The summed E-state index contributed by atoms with van der Waals surface area (Å²) < 4.78 is 0. The second-order valence-electron chi connectivity index (χ2n) is 3.50. The van der Waals surface area contributed by atoms with Gasteiger partial charge in [-0.1, -0.05) is 0 Å². The predicted molar refractivity (Wildman–Crippen MR) is 62.9 cm³/mol. The normalized spacial score (nSPS) is 17.1. The number of thioether (sulfide) groups is 1. The maximum atomic E-state index is 5.86. The zero-order chi connectivity index (χ0) is 9.97. The van der Waals surface area contributed by atoms with Crippen LogP contribution in [0, 0.1) is 6.92 Å². The van der Waals surface area contributed by atoms with E-state index in [9.17, 15) is 0 Å². The number of nitrogen functional groups attached to an aromatic ring is 1. The quantitative estimate of drug-likeness (QED) is 0.761. The third-order valence-electron chi connectivity index (χ3n) is 2.47. The molecule has 0 radical (unpaired) electrons. The van der Waals surface area contributed by atoms with E-state index in [0.29, 0.717) is 0 Å². The van der Waals surface area contributed by atoms with E-state index in [0.717, 1.165) is 30.2 Å². The summed E-state index contributed by atoms with van der Waals surface area (Å²) in [5.41, 5.74) is 7.75. The molecule has 0 aromatic carbocycles. The smallest absolute Gasteiger partial charge is 0.130 e. The fourth-order valence-corrected chi connectivity index (χ4v) is 2.40. The molecule has 1 fully saturated rings. The van der Waals surface area contributed by atoms with Gasteiger partial charge in [0.25, 0.3) is 0 Å². The highest BCUT2D eigenvalue weighted by Crippen LogP contribution is 2.20. The zero-order valence-corrected chi connectivity index (χ0v) is 9.18. The van der Waals surface area contributed by atoms with Crippen molar-refractivity contribution in [3.63, 3.8) is 0 Å². The van der Waals surface area contributed by atoms with Crippen LogP contribution in [-0.2, 0) is 0 Å². The summed E-state index contributed by atoms with van der Waals surface area (Å²) in [5.74, 6) is 3.40. The Morgan fingerprint density at radius 2 is 2.14 bits per heavy atom. The summed E-state index contributed by atoms with van der Waals surface area (Å²) in [5, 5.41) is 0. The van der Waals surface area contributed by atoms with E-state index in [1.807, 2.05) is 30.9 Å². The molecule has 0 spiro atoms. The number of anilines is 2. The van der Waals surface area contributed by atoms with Gasteiger partial charge in [-0.05, 0) is 12.5 Å². The molecule has 1 saturated heterocycles. The van der Waals surface area contributed by atoms with E-state index in [2.05, 4.69) is 9.88 Å². The predicted octanol–water partition coefficient (Wildman–Crippen LogP) is 1.53. The molecule has 1 aromatic rings. The first-order valence-electron chi connectivity index (χ1n) is 4.82. The molecule has 0 atom stereocenters. The Bertz CT molecular complexity index is 321. The van der Waals surface area contributed by atoms with E-state index in [-0.39, 0.29) is 0 Å². The minimum atomic E-state index is 0.841. The number of aryl methyl sites for hydroxylation is 1. The van der Waals surface area contributed by atoms with Gasteiger partial charge in [-0.25, -0.2) is 4.98 Å². The molecule has 2 N–H and O–H groups in total. The van der Waals surface area contributed by atoms with Gasteiger partial charge in [0.15, 0.2) is 0 Å². The summed E-state index contributed by atoms with van der Waals surface area (Å²) in [4.78, 5) is 6.70. The Morgan fingerprint density at radius 3 is 2.79 bits per heavy atom. The van der Waals surface area contributed by atoms with Crippen LogP contribution in [0.1, 0.15) is 5.56 Å². The van der Waals surface area contributed by atoms with Gasteiger partial charge in [-0.15, -0.1) is 0 Å². The topological polar surface area (TPSA) is 42.2 Å². The average Bonchev–Trinajstić information content (AvgIpc) is 2.23. The average molecular weight is 209 g/mol. The lowest BCUT2D eigenvalue weighted by Crippen LogP contribution is -2.33. The SMILES string of the molecule is Cc1cnc(N2CCSCC2)cc1N. The minimum absolute atomic E-state index is 0.841. The molecule has 2 heterocycles. The molecule has 1 aromatic heterocycles. The Labute approximate surface area is 88.7 Å². The number of rotatable bonds is 1. The van der Waals surface area contributed by atoms with Crippen LogP contribution in [0.2, 0.25) is 0 Å². The fraction of sp³-hybridized carbons (Fsp3) is 0.500. The molecule has 0 amide bonds. The summed E-state index contributed by atoms with van der Waals surface area (Å²) in [6.45, 7) is 4.15. The fourth-order valence-electron chi connectivity index (χ4n) is 1.49. The lowest BCUT2D eigenvalue weighted by Gasteiger charge is -2.27. The summed E-state index contributed by atoms with van der Waals surface area (Å²) in [6, 6.07) is 1.98. The lowest BCUT2D eigenvalue weighted by atomic mass is 10.2. The Hall–Kier alpha value is -0.900. The van der Waals surface area contributed by atoms with Crippen LogP contribution in [0.5, 0.6) is 0 Å². The summed E-state index contributed by atoms with van der Waals surface area (Å²) >= 11 is 2.00. The van der Waals surface area contributed by atoms with Crippen molar-refractivity contribution in [1.29, 1.82) is 0 Å². The number of nitrogens with zero attached hydrogens (tertiary/aromatic N) is 2. The van der Waals surface area contributed by atoms with Gasteiger partial charge >= 0.3 is 0 Å². The van der Waals surface area contributed by atoms with Crippen molar-refractivity contribution in [1.82, 2.24) is 4.98 Å². The summed E-state index contributed by atoms with van der Waals surface area (Å²) in [7, 11) is 0. The van der Waals surface area contributed by atoms with Gasteiger partial charge in [-0.2, -0.15) is 11.8 Å². The Kier molecular flexibility index (Phi) is 2.82. The molecule has 76 valence electrons. The van der Waals surface area contributed by atoms with Gasteiger partial charge in [0.2, 0.25) is 0 Å². The van der Waals surface area contributed by atoms with Gasteiger partial charge in [-0.3, -0.25) is 0 Å². The van der Waals surface area contributed by atoms with Gasteiger partial charge < -0.3 is 10.6 Å². The first-order valence-corrected chi connectivity index (χ1v) is 5.97. The number of hydrogen-bond acceptors (Lipinski definition) is 4. The minimum Gasteiger partial charge on any atom is -0.398 e. The highest BCUT2D eigenvalue weighted by atomic mass is 32.2. The van der Waals surface area contributed by atoms with E-state index >= 15 is 0 Å². The van der Waals surface area contributed by atoms with Crippen molar-refractivity contribution >= 4 is 23.3 Å². The van der Waals surface area contributed by atoms with Crippen LogP contribution in [0.3, 0.4) is 0 Å². The van der Waals surface area contributed by atoms with E-state index in [1.54, 1.807) is 0 Å². The molecular weight excluding hydrogens is 194 g/mol. The molecule has 0 unspecified atom stereocenters. The molecule has 4 heteroatoms. The maximum Gasteiger partial charge on any atom is 0.130 e. The van der Waals surface area contributed by atoms with Crippen molar-refractivity contribution in [2.24, 2.45) is 0 Å². The molecule has 3 nitrogen and oxygen atoms in total. The third kappa shape index (κ3) is 1.95. The lowest BCUT2D eigenvalue weighted by molar-refractivity contribution is 0.839. The third-order valence-corrected chi connectivity index (χ3v) is 3.41. The van der Waals surface area contributed by atoms with Gasteiger partial charge in [0.1, 0.15) is 5.82 Å². The van der Waals surface area contributed by atoms with Crippen LogP contribution in [0.15, 0.2) is 12.3 Å². The molecule has 0 saturated carbocycles. The molecule has 0 aliphatic carbocycles. The van der Waals surface area contributed by atoms with E-state index in [1.165, 1.54) is 11.5 Å². The first-order chi connectivity index (χ1) is 6.77. The number of aromatic nitrogens is 1. The number of hydrogen-bond donors (Lipinski definition) is 1.